The van der Waals surface area contributed by atoms with Crippen LogP contribution in [0.1, 0.15) is 50.0 Å². The Morgan fingerprint density at radius 1 is 1.20 bits per heavy atom. The maximum atomic E-state index is 6.07. The number of furan rings is 1. The molecule has 0 amide bonds. The largest absolute Gasteiger partial charge is 0.468 e. The summed E-state index contributed by atoms with van der Waals surface area (Å²) in [6.45, 7) is 9.33. The van der Waals surface area contributed by atoms with Crippen molar-refractivity contribution in [2.75, 3.05) is 13.2 Å². The van der Waals surface area contributed by atoms with Gasteiger partial charge in [0, 0.05) is 12.0 Å². The van der Waals surface area contributed by atoms with Crippen LogP contribution in [-0.4, -0.2) is 19.3 Å². The summed E-state index contributed by atoms with van der Waals surface area (Å²) in [5.74, 6) is 1.55. The molecule has 25 heavy (non-hydrogen) atoms. The summed E-state index contributed by atoms with van der Waals surface area (Å²) >= 11 is 0. The Morgan fingerprint density at radius 2 is 2.00 bits per heavy atom. The lowest BCUT2D eigenvalue weighted by Crippen LogP contribution is -2.42. The van der Waals surface area contributed by atoms with Gasteiger partial charge in [-0.2, -0.15) is 0 Å². The molecule has 3 nitrogen and oxygen atoms in total. The first-order valence-electron chi connectivity index (χ1n) is 9.51. The molecule has 0 unspecified atom stereocenters. The van der Waals surface area contributed by atoms with Crippen LogP contribution in [0.4, 0.5) is 0 Å². The number of benzene rings is 1. The maximum absolute atomic E-state index is 6.07. The van der Waals surface area contributed by atoms with Crippen molar-refractivity contribution in [1.82, 2.24) is 5.32 Å². The summed E-state index contributed by atoms with van der Waals surface area (Å²) in [4.78, 5) is 0. The molecular weight excluding hydrogens is 310 g/mol. The molecule has 136 valence electrons. The van der Waals surface area contributed by atoms with Crippen LogP contribution in [0.15, 0.2) is 47.1 Å². The van der Waals surface area contributed by atoms with Crippen LogP contribution in [0.5, 0.6) is 0 Å². The standard InChI is InChI=1S/C22H31NO2/c1-17(2)21-15-22(11-14-25-21,19-8-6-18(3)7-9-19)10-12-23-16-20-5-4-13-24-20/h4-9,13,17,21,23H,10-12,14-16H2,1-3H3/t21-,22+/m1/s1. The smallest absolute Gasteiger partial charge is 0.117 e. The van der Waals surface area contributed by atoms with E-state index in [1.807, 2.05) is 12.1 Å². The fourth-order valence-corrected chi connectivity index (χ4v) is 3.87. The lowest BCUT2D eigenvalue weighted by molar-refractivity contribution is -0.0469. The van der Waals surface area contributed by atoms with E-state index in [4.69, 9.17) is 9.15 Å². The molecule has 1 saturated heterocycles. The molecule has 1 fully saturated rings. The van der Waals surface area contributed by atoms with Gasteiger partial charge in [-0.1, -0.05) is 43.7 Å². The van der Waals surface area contributed by atoms with Crippen LogP contribution in [0.3, 0.4) is 0 Å². The molecule has 1 N–H and O–H groups in total. The molecule has 2 atom stereocenters. The quantitative estimate of drug-likeness (QED) is 0.732. The molecule has 0 spiro atoms. The van der Waals surface area contributed by atoms with Crippen LogP contribution in [0.2, 0.25) is 0 Å². The van der Waals surface area contributed by atoms with Crippen molar-refractivity contribution in [3.05, 3.63) is 59.5 Å². The summed E-state index contributed by atoms with van der Waals surface area (Å²) < 4.78 is 11.5. The SMILES string of the molecule is Cc1ccc([C@@]2(CCNCc3ccco3)CCO[C@@H](C(C)C)C2)cc1. The Morgan fingerprint density at radius 3 is 2.68 bits per heavy atom. The van der Waals surface area contributed by atoms with E-state index in [1.165, 1.54) is 11.1 Å². The minimum atomic E-state index is 0.205. The Kier molecular flexibility index (Phi) is 5.98. The van der Waals surface area contributed by atoms with Crippen molar-refractivity contribution in [3.8, 4) is 0 Å². The summed E-state index contributed by atoms with van der Waals surface area (Å²) in [5.41, 5.74) is 2.99. The molecule has 3 heteroatoms. The van der Waals surface area contributed by atoms with Gasteiger partial charge < -0.3 is 14.5 Å². The molecule has 0 aliphatic carbocycles. The minimum Gasteiger partial charge on any atom is -0.468 e. The van der Waals surface area contributed by atoms with Crippen LogP contribution < -0.4 is 5.32 Å². The zero-order chi connectivity index (χ0) is 17.7. The lowest BCUT2D eigenvalue weighted by Gasteiger charge is -2.43. The van der Waals surface area contributed by atoms with Crippen LogP contribution in [0, 0.1) is 12.8 Å². The fraction of sp³-hybridized carbons (Fsp3) is 0.545. The van der Waals surface area contributed by atoms with Gasteiger partial charge in [0.2, 0.25) is 0 Å². The fourth-order valence-electron chi connectivity index (χ4n) is 3.87. The molecule has 0 saturated carbocycles. The van der Waals surface area contributed by atoms with Crippen LogP contribution in [0.25, 0.3) is 0 Å². The van der Waals surface area contributed by atoms with Gasteiger partial charge in [0.15, 0.2) is 0 Å². The highest BCUT2D eigenvalue weighted by Crippen LogP contribution is 2.41. The highest BCUT2D eigenvalue weighted by Gasteiger charge is 2.39. The van der Waals surface area contributed by atoms with Gasteiger partial charge in [-0.15, -0.1) is 0 Å². The third-order valence-corrected chi connectivity index (χ3v) is 5.57. The molecular formula is C22H31NO2. The average Bonchev–Trinajstić information content (AvgIpc) is 3.13. The van der Waals surface area contributed by atoms with Crippen molar-refractivity contribution in [2.24, 2.45) is 5.92 Å². The third kappa shape index (κ3) is 4.53. The minimum absolute atomic E-state index is 0.205. The number of hydrogen-bond acceptors (Lipinski definition) is 3. The van der Waals surface area contributed by atoms with Gasteiger partial charge in [-0.25, -0.2) is 0 Å². The van der Waals surface area contributed by atoms with E-state index in [0.717, 1.165) is 44.7 Å². The van der Waals surface area contributed by atoms with Crippen LogP contribution >= 0.6 is 0 Å². The van der Waals surface area contributed by atoms with E-state index in [0.29, 0.717) is 12.0 Å². The monoisotopic (exact) mass is 341 g/mol. The number of aryl methyl sites for hydroxylation is 1. The lowest BCUT2D eigenvalue weighted by atomic mass is 9.68. The van der Waals surface area contributed by atoms with Gasteiger partial charge >= 0.3 is 0 Å². The first-order chi connectivity index (χ1) is 12.1. The summed E-state index contributed by atoms with van der Waals surface area (Å²) in [7, 11) is 0. The molecule has 1 aromatic heterocycles. The van der Waals surface area contributed by atoms with Crippen LogP contribution in [-0.2, 0) is 16.7 Å². The van der Waals surface area contributed by atoms with Crippen molar-refractivity contribution in [2.45, 2.75) is 58.1 Å². The second-order valence-corrected chi connectivity index (χ2v) is 7.76. The van der Waals surface area contributed by atoms with Gasteiger partial charge in [0.05, 0.1) is 18.9 Å². The van der Waals surface area contributed by atoms with E-state index in [9.17, 15) is 0 Å². The number of rotatable bonds is 7. The molecule has 1 aliphatic heterocycles. The molecule has 1 aliphatic rings. The second-order valence-electron chi connectivity index (χ2n) is 7.76. The topological polar surface area (TPSA) is 34.4 Å². The number of hydrogen-bond donors (Lipinski definition) is 1. The molecule has 0 bridgehead atoms. The molecule has 3 rings (SSSR count). The van der Waals surface area contributed by atoms with E-state index in [-0.39, 0.29) is 5.41 Å². The van der Waals surface area contributed by atoms with E-state index < -0.39 is 0 Å². The molecule has 0 radical (unpaired) electrons. The van der Waals surface area contributed by atoms with E-state index in [1.54, 1.807) is 6.26 Å². The molecule has 2 heterocycles. The Balaban J connectivity index is 1.70. The summed E-state index contributed by atoms with van der Waals surface area (Å²) in [5, 5.41) is 3.55. The zero-order valence-electron chi connectivity index (χ0n) is 15.8. The van der Waals surface area contributed by atoms with Gasteiger partial charge in [0.25, 0.3) is 0 Å². The predicted octanol–water partition coefficient (Wildman–Crippen LogP) is 4.84. The van der Waals surface area contributed by atoms with E-state index in [2.05, 4.69) is 50.4 Å². The molecule has 2 aromatic rings. The first-order valence-corrected chi connectivity index (χ1v) is 9.51. The zero-order valence-corrected chi connectivity index (χ0v) is 15.8. The van der Waals surface area contributed by atoms with Crippen molar-refractivity contribution in [3.63, 3.8) is 0 Å². The summed E-state index contributed by atoms with van der Waals surface area (Å²) in [6, 6.07) is 13.1. The van der Waals surface area contributed by atoms with Gasteiger partial charge in [0.1, 0.15) is 5.76 Å². The van der Waals surface area contributed by atoms with Gasteiger partial charge in [-0.05, 0) is 56.3 Å². The Labute approximate surface area is 151 Å². The Hall–Kier alpha value is -1.58. The van der Waals surface area contributed by atoms with Crippen molar-refractivity contribution < 1.29 is 9.15 Å². The van der Waals surface area contributed by atoms with E-state index >= 15 is 0 Å². The summed E-state index contributed by atoms with van der Waals surface area (Å²) in [6.07, 6.45) is 5.41. The normalized spacial score (nSPS) is 23.9. The predicted molar refractivity (Wildman–Crippen MR) is 102 cm³/mol. The van der Waals surface area contributed by atoms with Crippen molar-refractivity contribution in [1.29, 1.82) is 0 Å². The maximum Gasteiger partial charge on any atom is 0.117 e. The molecule has 1 aromatic carbocycles. The third-order valence-electron chi connectivity index (χ3n) is 5.57. The Bertz CT molecular complexity index is 633. The first kappa shape index (κ1) is 18.2. The average molecular weight is 341 g/mol. The number of nitrogens with one attached hydrogen (secondary N) is 1. The number of ether oxygens (including phenoxy) is 1. The van der Waals surface area contributed by atoms with Gasteiger partial charge in [-0.3, -0.25) is 0 Å². The van der Waals surface area contributed by atoms with Crippen molar-refractivity contribution >= 4 is 0 Å². The highest BCUT2D eigenvalue weighted by atomic mass is 16.5. The second kappa shape index (κ2) is 8.20. The highest BCUT2D eigenvalue weighted by molar-refractivity contribution is 5.29.